The van der Waals surface area contributed by atoms with Crippen molar-refractivity contribution in [1.29, 1.82) is 0 Å². The molecule has 0 unspecified atom stereocenters. The Morgan fingerprint density at radius 2 is 1.67 bits per heavy atom. The van der Waals surface area contributed by atoms with Gasteiger partial charge in [0.05, 0.1) is 16.8 Å². The van der Waals surface area contributed by atoms with Crippen LogP contribution >= 0.6 is 11.3 Å². The number of likely N-dealkylation sites (tertiary alicyclic amines) is 1. The van der Waals surface area contributed by atoms with Gasteiger partial charge in [-0.3, -0.25) is 10.1 Å². The van der Waals surface area contributed by atoms with E-state index in [9.17, 15) is 19.5 Å². The number of benzene rings is 3. The minimum atomic E-state index is -1.11. The van der Waals surface area contributed by atoms with E-state index in [1.54, 1.807) is 4.90 Å². The summed E-state index contributed by atoms with van der Waals surface area (Å²) >= 11 is 1.43. The summed E-state index contributed by atoms with van der Waals surface area (Å²) in [6, 6.07) is 21.4. The molecule has 1 fully saturated rings. The molecule has 2 aromatic heterocycles. The van der Waals surface area contributed by atoms with Crippen LogP contribution in [0.25, 0.3) is 21.3 Å². The van der Waals surface area contributed by atoms with Crippen LogP contribution in [0.3, 0.4) is 0 Å². The Morgan fingerprint density at radius 3 is 2.38 bits per heavy atom. The second kappa shape index (κ2) is 16.4. The van der Waals surface area contributed by atoms with Gasteiger partial charge in [-0.05, 0) is 123 Å². The molecule has 11 nitrogen and oxygen atoms in total. The van der Waals surface area contributed by atoms with Gasteiger partial charge in [0.2, 0.25) is 0 Å². The molecule has 0 atom stereocenters. The first-order valence-electron chi connectivity index (χ1n) is 20.1. The van der Waals surface area contributed by atoms with E-state index in [2.05, 4.69) is 36.0 Å². The molecular weight excluding hydrogens is 751 g/mol. The molecule has 2 N–H and O–H groups in total. The van der Waals surface area contributed by atoms with Crippen molar-refractivity contribution in [2.45, 2.75) is 91.7 Å². The summed E-state index contributed by atoms with van der Waals surface area (Å²) in [5, 5.41) is 14.3. The van der Waals surface area contributed by atoms with Crippen LogP contribution in [0.1, 0.15) is 104 Å². The number of nitrogens with one attached hydrogen (secondary N) is 1. The molecule has 12 heteroatoms. The SMILES string of the molecule is Cc1c(OCCC2CCN(C(=O)OC(C)(C)C)CC2)cccc1-c1c(C(C)(C)C)cc(N2CCc3cccc(C(=O)Nc4nc5ccccc5s4)c3C2)nc1C(=O)O. The number of amides is 2. The van der Waals surface area contributed by atoms with Crippen molar-refractivity contribution in [3.8, 4) is 16.9 Å². The first-order valence-corrected chi connectivity index (χ1v) is 20.9. The summed E-state index contributed by atoms with van der Waals surface area (Å²) in [5.74, 6) is 0.341. The second-order valence-electron chi connectivity index (χ2n) is 17.3. The van der Waals surface area contributed by atoms with Gasteiger partial charge in [-0.2, -0.15) is 0 Å². The molecule has 1 saturated heterocycles. The molecule has 7 rings (SSSR count). The second-order valence-corrected chi connectivity index (χ2v) is 18.4. The Bertz CT molecular complexity index is 2320. The fourth-order valence-corrected chi connectivity index (χ4v) is 8.76. The predicted octanol–water partition coefficient (Wildman–Crippen LogP) is 9.89. The number of carbonyl (C=O) groups excluding carboxylic acids is 2. The van der Waals surface area contributed by atoms with Crippen LogP contribution in [0, 0.1) is 12.8 Å². The van der Waals surface area contributed by atoms with Gasteiger partial charge in [0.25, 0.3) is 5.91 Å². The molecule has 4 heterocycles. The number of rotatable bonds is 9. The minimum absolute atomic E-state index is 0.0212. The number of ether oxygens (including phenoxy) is 2. The zero-order valence-electron chi connectivity index (χ0n) is 34.5. The first-order chi connectivity index (χ1) is 27.6. The molecule has 0 bridgehead atoms. The maximum absolute atomic E-state index is 13.7. The molecular formula is C46H53N5O6S. The monoisotopic (exact) mass is 803 g/mol. The van der Waals surface area contributed by atoms with Crippen molar-refractivity contribution >= 4 is 50.5 Å². The smallest absolute Gasteiger partial charge is 0.410 e. The van der Waals surface area contributed by atoms with Gasteiger partial charge in [-0.25, -0.2) is 19.6 Å². The molecule has 58 heavy (non-hydrogen) atoms. The van der Waals surface area contributed by atoms with E-state index >= 15 is 0 Å². The average molecular weight is 804 g/mol. The third-order valence-corrected chi connectivity index (χ3v) is 11.9. The Hall–Kier alpha value is -5.49. The molecule has 0 aliphatic carbocycles. The maximum atomic E-state index is 13.7. The Balaban J connectivity index is 1.11. The van der Waals surface area contributed by atoms with Crippen molar-refractivity contribution in [3.05, 3.63) is 100 Å². The highest BCUT2D eigenvalue weighted by Crippen LogP contribution is 2.41. The van der Waals surface area contributed by atoms with Crippen LogP contribution < -0.4 is 15.0 Å². The number of piperidine rings is 1. The molecule has 2 amide bonds. The highest BCUT2D eigenvalue weighted by molar-refractivity contribution is 7.22. The lowest BCUT2D eigenvalue weighted by Crippen LogP contribution is -2.41. The Morgan fingerprint density at radius 1 is 0.931 bits per heavy atom. The van der Waals surface area contributed by atoms with Gasteiger partial charge in [-0.1, -0.05) is 68.5 Å². The van der Waals surface area contributed by atoms with Crippen molar-refractivity contribution in [3.63, 3.8) is 0 Å². The van der Waals surface area contributed by atoms with Crippen molar-refractivity contribution in [1.82, 2.24) is 14.9 Å². The maximum Gasteiger partial charge on any atom is 0.410 e. The van der Waals surface area contributed by atoms with Crippen LogP contribution in [0.5, 0.6) is 5.75 Å². The number of aromatic carboxylic acids is 1. The minimum Gasteiger partial charge on any atom is -0.493 e. The van der Waals surface area contributed by atoms with Gasteiger partial charge in [0.15, 0.2) is 10.8 Å². The highest BCUT2D eigenvalue weighted by atomic mass is 32.1. The fraction of sp³-hybridized carbons (Fsp3) is 0.413. The highest BCUT2D eigenvalue weighted by Gasteiger charge is 2.31. The summed E-state index contributed by atoms with van der Waals surface area (Å²) in [4.78, 5) is 52.7. The summed E-state index contributed by atoms with van der Waals surface area (Å²) in [6.07, 6.45) is 3.04. The average Bonchev–Trinajstić information content (AvgIpc) is 3.59. The van der Waals surface area contributed by atoms with Crippen LogP contribution in [-0.2, 0) is 23.1 Å². The van der Waals surface area contributed by atoms with Gasteiger partial charge in [0, 0.05) is 37.3 Å². The lowest BCUT2D eigenvalue weighted by Gasteiger charge is -2.33. The topological polar surface area (TPSA) is 134 Å². The molecule has 0 radical (unpaired) electrons. The van der Waals surface area contributed by atoms with Gasteiger partial charge in [-0.15, -0.1) is 0 Å². The number of carbonyl (C=O) groups is 3. The number of carboxylic acid groups (broad SMARTS) is 1. The van der Waals surface area contributed by atoms with Crippen LogP contribution in [0.2, 0.25) is 0 Å². The zero-order valence-corrected chi connectivity index (χ0v) is 35.3. The molecule has 0 spiro atoms. The number of pyridine rings is 1. The summed E-state index contributed by atoms with van der Waals surface area (Å²) in [5.41, 5.74) is 5.44. The molecule has 304 valence electrons. The number of hydrogen-bond acceptors (Lipinski definition) is 9. The van der Waals surface area contributed by atoms with E-state index in [1.807, 2.05) is 94.4 Å². The summed E-state index contributed by atoms with van der Waals surface area (Å²) < 4.78 is 12.9. The Kier molecular flexibility index (Phi) is 11.5. The van der Waals surface area contributed by atoms with E-state index in [-0.39, 0.29) is 17.7 Å². The molecule has 2 aliphatic heterocycles. The van der Waals surface area contributed by atoms with Crippen molar-refractivity contribution in [2.24, 2.45) is 5.92 Å². The number of nitrogens with zero attached hydrogens (tertiary/aromatic N) is 4. The van der Waals surface area contributed by atoms with Crippen molar-refractivity contribution in [2.75, 3.05) is 36.5 Å². The standard InChI is InChI=1S/C46H53N5O6S/c1-28-31(13-11-16-36(28)56-25-21-29-18-22-50(23-19-29)44(55)57-46(5,6)7)39-34(45(2,3)4)26-38(48-40(39)42(53)54)51-24-20-30-12-10-14-32(33(30)27-51)41(52)49-43-47-35-15-8-9-17-37(35)58-43/h8-17,26,29H,18-25,27H2,1-7H3,(H,53,54)(H,47,49,52). The van der Waals surface area contributed by atoms with Gasteiger partial charge in [0.1, 0.15) is 17.2 Å². The Labute approximate surface area is 344 Å². The number of para-hydroxylation sites is 1. The third kappa shape index (κ3) is 8.97. The number of anilines is 2. The quantitative estimate of drug-likeness (QED) is 0.149. The number of carboxylic acids is 1. The number of thiazole rings is 1. The van der Waals surface area contributed by atoms with E-state index in [1.165, 1.54) is 11.3 Å². The van der Waals surface area contributed by atoms with Crippen LogP contribution in [0.15, 0.2) is 66.7 Å². The number of fused-ring (bicyclic) bond motifs is 2. The molecule has 3 aromatic carbocycles. The van der Waals surface area contributed by atoms with E-state index in [4.69, 9.17) is 14.5 Å². The van der Waals surface area contributed by atoms with E-state index in [0.717, 1.165) is 57.3 Å². The predicted molar refractivity (Wildman–Crippen MR) is 229 cm³/mol. The van der Waals surface area contributed by atoms with Gasteiger partial charge < -0.3 is 24.4 Å². The number of hydrogen-bond donors (Lipinski definition) is 2. The first kappa shape index (κ1) is 40.7. The molecule has 5 aromatic rings. The largest absolute Gasteiger partial charge is 0.493 e. The van der Waals surface area contributed by atoms with Crippen LogP contribution in [-0.4, -0.2) is 69.8 Å². The number of aromatic nitrogens is 2. The fourth-order valence-electron chi connectivity index (χ4n) is 7.90. The molecule has 0 saturated carbocycles. The van der Waals surface area contributed by atoms with Crippen molar-refractivity contribution < 1.29 is 29.0 Å². The summed E-state index contributed by atoms with van der Waals surface area (Å²) in [7, 11) is 0. The normalized spacial score (nSPS) is 14.9. The summed E-state index contributed by atoms with van der Waals surface area (Å²) in [6.45, 7) is 16.7. The zero-order chi connectivity index (χ0) is 41.4. The lowest BCUT2D eigenvalue weighted by atomic mass is 9.80. The van der Waals surface area contributed by atoms with E-state index in [0.29, 0.717) is 73.0 Å². The van der Waals surface area contributed by atoms with E-state index < -0.39 is 17.0 Å². The third-order valence-electron chi connectivity index (χ3n) is 11.0. The van der Waals surface area contributed by atoms with Crippen LogP contribution in [0.4, 0.5) is 15.7 Å². The van der Waals surface area contributed by atoms with Gasteiger partial charge >= 0.3 is 12.1 Å². The molecule has 2 aliphatic rings. The lowest BCUT2D eigenvalue weighted by molar-refractivity contribution is 0.0177.